The van der Waals surface area contributed by atoms with Crippen LogP contribution in [0.15, 0.2) is 18.2 Å². The van der Waals surface area contributed by atoms with Crippen molar-refractivity contribution in [1.82, 2.24) is 0 Å². The predicted octanol–water partition coefficient (Wildman–Crippen LogP) is 2.94. The molecule has 1 aromatic carbocycles. The highest BCUT2D eigenvalue weighted by Gasteiger charge is 2.74. The maximum Gasteiger partial charge on any atom is 0.337 e. The Bertz CT molecular complexity index is 665. The van der Waals surface area contributed by atoms with Gasteiger partial charge in [-0.2, -0.15) is 0 Å². The van der Waals surface area contributed by atoms with Gasteiger partial charge in [-0.15, -0.1) is 0 Å². The Hall–Kier alpha value is -1.84. The summed E-state index contributed by atoms with van der Waals surface area (Å²) in [5.74, 6) is 0.386. The van der Waals surface area contributed by atoms with Gasteiger partial charge in [-0.3, -0.25) is 0 Å². The standard InChI is InChI=1S/C19H23NO3/c1-20-16-10-12(18(22)23-2)8-9-14(16)19(15(11-21)17(19)20)13-6-4-3-5-7-13/h8-11,13,15,17H,3-7H2,1-2H3. The van der Waals surface area contributed by atoms with Gasteiger partial charge in [0.2, 0.25) is 0 Å². The zero-order valence-corrected chi connectivity index (χ0v) is 13.7. The van der Waals surface area contributed by atoms with Crippen LogP contribution >= 0.6 is 0 Å². The number of fused-ring (bicyclic) bond motifs is 3. The van der Waals surface area contributed by atoms with Crippen molar-refractivity contribution in [1.29, 1.82) is 0 Å². The summed E-state index contributed by atoms with van der Waals surface area (Å²) in [6, 6.07) is 6.12. The topological polar surface area (TPSA) is 46.6 Å². The van der Waals surface area contributed by atoms with Crippen LogP contribution in [0, 0.1) is 11.8 Å². The number of likely N-dealkylation sites (N-methyl/N-ethyl adjacent to an activating group) is 1. The van der Waals surface area contributed by atoms with E-state index in [4.69, 9.17) is 4.74 Å². The van der Waals surface area contributed by atoms with Crippen molar-refractivity contribution in [3.8, 4) is 0 Å². The number of nitrogens with zero attached hydrogens (tertiary/aromatic N) is 1. The second-order valence-electron chi connectivity index (χ2n) is 7.21. The Balaban J connectivity index is 1.79. The summed E-state index contributed by atoms with van der Waals surface area (Å²) in [4.78, 5) is 25.7. The quantitative estimate of drug-likeness (QED) is 0.636. The molecule has 0 radical (unpaired) electrons. The molecule has 0 bridgehead atoms. The molecule has 23 heavy (non-hydrogen) atoms. The number of anilines is 1. The average molecular weight is 313 g/mol. The molecule has 0 saturated heterocycles. The lowest BCUT2D eigenvalue weighted by molar-refractivity contribution is -0.109. The monoisotopic (exact) mass is 313 g/mol. The van der Waals surface area contributed by atoms with Crippen molar-refractivity contribution in [2.75, 3.05) is 19.1 Å². The van der Waals surface area contributed by atoms with Crippen LogP contribution in [-0.4, -0.2) is 32.5 Å². The number of methoxy groups -OCH3 is 1. The number of hydrogen-bond donors (Lipinski definition) is 0. The predicted molar refractivity (Wildman–Crippen MR) is 87.8 cm³/mol. The zero-order chi connectivity index (χ0) is 16.2. The number of benzene rings is 1. The molecule has 2 saturated carbocycles. The van der Waals surface area contributed by atoms with E-state index in [-0.39, 0.29) is 23.3 Å². The van der Waals surface area contributed by atoms with Crippen LogP contribution in [-0.2, 0) is 14.9 Å². The van der Waals surface area contributed by atoms with Crippen molar-refractivity contribution in [3.63, 3.8) is 0 Å². The smallest absolute Gasteiger partial charge is 0.337 e. The van der Waals surface area contributed by atoms with Crippen LogP contribution in [0.2, 0.25) is 0 Å². The molecular formula is C19H23NO3. The van der Waals surface area contributed by atoms with Crippen molar-refractivity contribution in [2.45, 2.75) is 43.6 Å². The Morgan fingerprint density at radius 3 is 2.70 bits per heavy atom. The van der Waals surface area contributed by atoms with E-state index < -0.39 is 0 Å². The molecule has 4 rings (SSSR count). The molecular weight excluding hydrogens is 290 g/mol. The molecule has 0 N–H and O–H groups in total. The highest BCUT2D eigenvalue weighted by atomic mass is 16.5. The van der Waals surface area contributed by atoms with Gasteiger partial charge in [0, 0.05) is 30.1 Å². The molecule has 1 heterocycles. The van der Waals surface area contributed by atoms with Crippen molar-refractivity contribution in [2.24, 2.45) is 11.8 Å². The highest BCUT2D eigenvalue weighted by molar-refractivity contribution is 5.92. The summed E-state index contributed by atoms with van der Waals surface area (Å²) in [6.07, 6.45) is 7.44. The Labute approximate surface area is 136 Å². The van der Waals surface area contributed by atoms with Gasteiger partial charge in [-0.1, -0.05) is 25.3 Å². The van der Waals surface area contributed by atoms with E-state index in [1.54, 1.807) is 0 Å². The molecule has 0 aromatic heterocycles. The van der Waals surface area contributed by atoms with Crippen LogP contribution in [0.3, 0.4) is 0 Å². The average Bonchev–Trinajstić information content (AvgIpc) is 3.23. The molecule has 4 nitrogen and oxygen atoms in total. The first-order valence-electron chi connectivity index (χ1n) is 8.57. The third-order valence-electron chi connectivity index (χ3n) is 6.38. The lowest BCUT2D eigenvalue weighted by Gasteiger charge is -2.30. The molecule has 3 aliphatic rings. The maximum atomic E-state index is 11.8. The highest BCUT2D eigenvalue weighted by Crippen LogP contribution is 2.69. The number of carbonyl (C=O) groups excluding carboxylic acids is 2. The summed E-state index contributed by atoms with van der Waals surface area (Å²) < 4.78 is 4.84. The molecule has 4 heteroatoms. The first-order chi connectivity index (χ1) is 11.2. The van der Waals surface area contributed by atoms with Crippen LogP contribution in [0.25, 0.3) is 0 Å². The van der Waals surface area contributed by atoms with Crippen molar-refractivity contribution >= 4 is 17.9 Å². The molecule has 2 aliphatic carbocycles. The SMILES string of the molecule is COC(=O)c1ccc2c(c1)N(C)C1C(C=O)C21C1CCCCC1. The number of hydrogen-bond acceptors (Lipinski definition) is 4. The van der Waals surface area contributed by atoms with E-state index in [1.165, 1.54) is 44.8 Å². The van der Waals surface area contributed by atoms with Gasteiger partial charge in [0.25, 0.3) is 0 Å². The lowest BCUT2D eigenvalue weighted by atomic mass is 9.73. The van der Waals surface area contributed by atoms with Gasteiger partial charge in [0.05, 0.1) is 12.7 Å². The Morgan fingerprint density at radius 1 is 1.30 bits per heavy atom. The lowest BCUT2D eigenvalue weighted by Crippen LogP contribution is -2.27. The minimum absolute atomic E-state index is 0.0130. The zero-order valence-electron chi connectivity index (χ0n) is 13.7. The molecule has 3 atom stereocenters. The molecule has 0 spiro atoms. The van der Waals surface area contributed by atoms with Crippen LogP contribution in [0.1, 0.15) is 48.0 Å². The largest absolute Gasteiger partial charge is 0.465 e. The summed E-state index contributed by atoms with van der Waals surface area (Å²) in [7, 11) is 3.46. The van der Waals surface area contributed by atoms with Crippen LogP contribution in [0.5, 0.6) is 0 Å². The maximum absolute atomic E-state index is 11.8. The third kappa shape index (κ3) is 1.78. The number of carbonyl (C=O) groups is 2. The van der Waals surface area contributed by atoms with Crippen LogP contribution < -0.4 is 4.90 Å². The van der Waals surface area contributed by atoms with E-state index in [9.17, 15) is 9.59 Å². The fourth-order valence-corrected chi connectivity index (χ4v) is 5.40. The number of ether oxygens (including phenoxy) is 1. The Morgan fingerprint density at radius 2 is 2.04 bits per heavy atom. The summed E-state index contributed by atoms with van der Waals surface area (Å²) in [6.45, 7) is 0. The summed E-state index contributed by atoms with van der Waals surface area (Å²) >= 11 is 0. The van der Waals surface area contributed by atoms with E-state index in [0.717, 1.165) is 12.0 Å². The Kier molecular flexibility index (Phi) is 3.26. The van der Waals surface area contributed by atoms with E-state index in [1.807, 2.05) is 12.1 Å². The molecule has 122 valence electrons. The van der Waals surface area contributed by atoms with E-state index in [2.05, 4.69) is 18.0 Å². The molecule has 1 aliphatic heterocycles. The minimum Gasteiger partial charge on any atom is -0.465 e. The van der Waals surface area contributed by atoms with E-state index >= 15 is 0 Å². The normalized spacial score (nSPS) is 32.2. The first-order valence-corrected chi connectivity index (χ1v) is 8.57. The van der Waals surface area contributed by atoms with Gasteiger partial charge in [0.1, 0.15) is 6.29 Å². The molecule has 0 amide bonds. The second kappa shape index (κ2) is 5.08. The van der Waals surface area contributed by atoms with Gasteiger partial charge >= 0.3 is 5.97 Å². The third-order valence-corrected chi connectivity index (χ3v) is 6.38. The fourth-order valence-electron chi connectivity index (χ4n) is 5.40. The number of aldehydes is 1. The first kappa shape index (κ1) is 14.7. The summed E-state index contributed by atoms with van der Waals surface area (Å²) in [5, 5.41) is 0. The number of esters is 1. The second-order valence-corrected chi connectivity index (χ2v) is 7.21. The van der Waals surface area contributed by atoms with Crippen LogP contribution in [0.4, 0.5) is 5.69 Å². The van der Waals surface area contributed by atoms with Crippen molar-refractivity contribution in [3.05, 3.63) is 29.3 Å². The fraction of sp³-hybridized carbons (Fsp3) is 0.579. The van der Waals surface area contributed by atoms with E-state index in [0.29, 0.717) is 11.5 Å². The van der Waals surface area contributed by atoms with Gasteiger partial charge in [-0.05, 0) is 36.5 Å². The van der Waals surface area contributed by atoms with Gasteiger partial charge in [-0.25, -0.2) is 4.79 Å². The number of rotatable bonds is 3. The minimum atomic E-state index is -0.305. The van der Waals surface area contributed by atoms with Gasteiger partial charge < -0.3 is 14.4 Å². The molecule has 3 unspecified atom stereocenters. The molecule has 2 fully saturated rings. The van der Waals surface area contributed by atoms with Crippen molar-refractivity contribution < 1.29 is 14.3 Å². The summed E-state index contributed by atoms with van der Waals surface area (Å²) in [5.41, 5.74) is 2.94. The molecule has 1 aromatic rings. The van der Waals surface area contributed by atoms with Gasteiger partial charge in [0.15, 0.2) is 0 Å².